The van der Waals surface area contributed by atoms with Gasteiger partial charge in [-0.25, -0.2) is 0 Å². The molecule has 0 atom stereocenters. The van der Waals surface area contributed by atoms with Crippen molar-refractivity contribution in [2.75, 3.05) is 40.3 Å². The van der Waals surface area contributed by atoms with Crippen molar-refractivity contribution in [1.29, 1.82) is 0 Å². The summed E-state index contributed by atoms with van der Waals surface area (Å²) in [6.07, 6.45) is 2.52. The number of hydrogen-bond acceptors (Lipinski definition) is 6. The highest BCUT2D eigenvalue weighted by molar-refractivity contribution is 6.30. The van der Waals surface area contributed by atoms with Gasteiger partial charge in [0.25, 0.3) is 0 Å². The molecule has 1 saturated heterocycles. The molecule has 0 unspecified atom stereocenters. The zero-order chi connectivity index (χ0) is 21.3. The smallest absolute Gasteiger partial charge is 0.233 e. The molecule has 1 fully saturated rings. The molecule has 0 radical (unpaired) electrons. The number of piperidine rings is 1. The third kappa shape index (κ3) is 6.43. The van der Waals surface area contributed by atoms with E-state index in [1.807, 2.05) is 12.1 Å². The molecule has 10 heteroatoms. The summed E-state index contributed by atoms with van der Waals surface area (Å²) in [5.74, 6) is 1.91. The van der Waals surface area contributed by atoms with Crippen LogP contribution in [0.3, 0.4) is 0 Å². The fourth-order valence-corrected chi connectivity index (χ4v) is 3.39. The van der Waals surface area contributed by atoms with E-state index in [1.54, 1.807) is 26.2 Å². The summed E-state index contributed by atoms with van der Waals surface area (Å²) in [6.45, 7) is 2.85. The number of amides is 1. The Morgan fingerprint density at radius 3 is 2.70 bits per heavy atom. The zero-order valence-electron chi connectivity index (χ0n) is 17.3. The Morgan fingerprint density at radius 2 is 2.03 bits per heavy atom. The van der Waals surface area contributed by atoms with Gasteiger partial charge in [0, 0.05) is 56.8 Å². The number of nitrogens with one attached hydrogen (secondary N) is 3. The maximum absolute atomic E-state index is 11.5. The summed E-state index contributed by atoms with van der Waals surface area (Å²) in [4.78, 5) is 22.4. The first kappa shape index (κ1) is 22.0. The number of aromatic nitrogens is 2. The highest BCUT2D eigenvalue weighted by Crippen LogP contribution is 2.18. The third-order valence-electron chi connectivity index (χ3n) is 5.00. The van der Waals surface area contributed by atoms with Gasteiger partial charge >= 0.3 is 0 Å². The average Bonchev–Trinajstić information content (AvgIpc) is 3.23. The molecule has 1 aromatic carbocycles. The molecule has 3 N–H and O–H groups in total. The van der Waals surface area contributed by atoms with Gasteiger partial charge in [-0.05, 0) is 37.1 Å². The molecule has 1 aliphatic rings. The minimum Gasteiger partial charge on any atom is -0.358 e. The summed E-state index contributed by atoms with van der Waals surface area (Å²) < 4.78 is 5.33. The summed E-state index contributed by atoms with van der Waals surface area (Å²) in [6, 6.07) is 7.65. The van der Waals surface area contributed by atoms with E-state index in [4.69, 9.17) is 16.1 Å². The first-order valence-electron chi connectivity index (χ1n) is 10.1. The van der Waals surface area contributed by atoms with Crippen LogP contribution >= 0.6 is 11.6 Å². The molecular formula is C20H28ClN7O2. The summed E-state index contributed by atoms with van der Waals surface area (Å²) in [5.41, 5.74) is 0.864. The molecule has 1 aliphatic heterocycles. The van der Waals surface area contributed by atoms with E-state index in [-0.39, 0.29) is 5.91 Å². The fraction of sp³-hybridized carbons (Fsp3) is 0.500. The maximum atomic E-state index is 11.5. The van der Waals surface area contributed by atoms with Gasteiger partial charge in [0.05, 0.1) is 6.54 Å². The first-order valence-corrected chi connectivity index (χ1v) is 10.4. The van der Waals surface area contributed by atoms with E-state index in [2.05, 4.69) is 36.0 Å². The third-order valence-corrected chi connectivity index (χ3v) is 5.25. The lowest BCUT2D eigenvalue weighted by atomic mass is 10.1. The standard InChI is InChI=1S/C20H28ClN7O2/c1-22-17(29)13-28-11-8-16(9-12-28)25-20(23-2)24-10-7-18-26-19(27-30-18)14-3-5-15(21)6-4-14/h3-6,16H,7-13H2,1-2H3,(H,22,29)(H2,23,24,25). The minimum absolute atomic E-state index is 0.0548. The highest BCUT2D eigenvalue weighted by Gasteiger charge is 2.21. The van der Waals surface area contributed by atoms with Gasteiger partial charge in [-0.2, -0.15) is 4.98 Å². The van der Waals surface area contributed by atoms with Crippen molar-refractivity contribution in [3.8, 4) is 11.4 Å². The molecule has 2 aromatic rings. The van der Waals surface area contributed by atoms with Crippen LogP contribution in [-0.4, -0.2) is 73.2 Å². The van der Waals surface area contributed by atoms with Crippen LogP contribution in [0.15, 0.2) is 33.8 Å². The lowest BCUT2D eigenvalue weighted by Gasteiger charge is -2.32. The van der Waals surface area contributed by atoms with Crippen LogP contribution < -0.4 is 16.0 Å². The summed E-state index contributed by atoms with van der Waals surface area (Å²) >= 11 is 5.91. The maximum Gasteiger partial charge on any atom is 0.233 e. The number of halogens is 1. The number of aliphatic imine (C=N–C) groups is 1. The predicted molar refractivity (Wildman–Crippen MR) is 116 cm³/mol. The van der Waals surface area contributed by atoms with Crippen LogP contribution in [0.25, 0.3) is 11.4 Å². The van der Waals surface area contributed by atoms with E-state index < -0.39 is 0 Å². The minimum atomic E-state index is 0.0548. The first-order chi connectivity index (χ1) is 14.6. The van der Waals surface area contributed by atoms with Crippen LogP contribution in [0.1, 0.15) is 18.7 Å². The molecule has 2 heterocycles. The molecule has 162 valence electrons. The number of guanidine groups is 1. The van der Waals surface area contributed by atoms with Crippen molar-refractivity contribution >= 4 is 23.5 Å². The van der Waals surface area contributed by atoms with Crippen molar-refractivity contribution in [2.24, 2.45) is 4.99 Å². The SMILES string of the molecule is CN=C(NCCc1nc(-c2ccc(Cl)cc2)no1)NC1CCN(CC(=O)NC)CC1. The largest absolute Gasteiger partial charge is 0.358 e. The molecule has 0 saturated carbocycles. The van der Waals surface area contributed by atoms with Crippen LogP contribution in [0.4, 0.5) is 0 Å². The lowest BCUT2D eigenvalue weighted by molar-refractivity contribution is -0.122. The van der Waals surface area contributed by atoms with E-state index in [0.717, 1.165) is 37.5 Å². The topological polar surface area (TPSA) is 108 Å². The quantitative estimate of drug-likeness (QED) is 0.446. The van der Waals surface area contributed by atoms with Crippen LogP contribution in [0, 0.1) is 0 Å². The van der Waals surface area contributed by atoms with Crippen molar-refractivity contribution in [2.45, 2.75) is 25.3 Å². The molecule has 0 bridgehead atoms. The second-order valence-electron chi connectivity index (χ2n) is 7.14. The number of hydrogen-bond donors (Lipinski definition) is 3. The van der Waals surface area contributed by atoms with Crippen molar-refractivity contribution < 1.29 is 9.32 Å². The normalized spacial score (nSPS) is 15.8. The van der Waals surface area contributed by atoms with E-state index >= 15 is 0 Å². The van der Waals surface area contributed by atoms with E-state index in [1.165, 1.54) is 0 Å². The predicted octanol–water partition coefficient (Wildman–Crippen LogP) is 1.31. The molecule has 0 spiro atoms. The Labute approximate surface area is 181 Å². The Balaban J connectivity index is 1.40. The van der Waals surface area contributed by atoms with Crippen molar-refractivity contribution in [1.82, 2.24) is 31.0 Å². The molecule has 9 nitrogen and oxygen atoms in total. The van der Waals surface area contributed by atoms with Gasteiger partial charge in [0.1, 0.15) is 0 Å². The van der Waals surface area contributed by atoms with Gasteiger partial charge in [-0.15, -0.1) is 0 Å². The highest BCUT2D eigenvalue weighted by atomic mass is 35.5. The van der Waals surface area contributed by atoms with Crippen molar-refractivity contribution in [3.05, 3.63) is 35.2 Å². The number of carbonyl (C=O) groups excluding carboxylic acids is 1. The monoisotopic (exact) mass is 433 g/mol. The second kappa shape index (κ2) is 10.9. The average molecular weight is 434 g/mol. The number of likely N-dealkylation sites (tertiary alicyclic amines) is 1. The second-order valence-corrected chi connectivity index (χ2v) is 7.57. The van der Waals surface area contributed by atoms with E-state index in [0.29, 0.717) is 42.3 Å². The molecule has 0 aliphatic carbocycles. The number of rotatable bonds is 7. The molecule has 3 rings (SSSR count). The van der Waals surface area contributed by atoms with Crippen molar-refractivity contribution in [3.63, 3.8) is 0 Å². The number of carbonyl (C=O) groups is 1. The van der Waals surface area contributed by atoms with Crippen LogP contribution in [0.5, 0.6) is 0 Å². The van der Waals surface area contributed by atoms with Gasteiger partial charge < -0.3 is 20.5 Å². The Hall–Kier alpha value is -2.65. The Morgan fingerprint density at radius 1 is 1.30 bits per heavy atom. The summed E-state index contributed by atoms with van der Waals surface area (Å²) in [7, 11) is 3.42. The van der Waals surface area contributed by atoms with Gasteiger partial charge in [-0.3, -0.25) is 14.7 Å². The van der Waals surface area contributed by atoms with E-state index in [9.17, 15) is 4.79 Å². The van der Waals surface area contributed by atoms with Gasteiger partial charge in [-0.1, -0.05) is 16.8 Å². The lowest BCUT2D eigenvalue weighted by Crippen LogP contribution is -2.50. The molecule has 1 amide bonds. The van der Waals surface area contributed by atoms with Crippen LogP contribution in [-0.2, 0) is 11.2 Å². The number of nitrogens with zero attached hydrogens (tertiary/aromatic N) is 4. The number of benzene rings is 1. The molecule has 30 heavy (non-hydrogen) atoms. The Kier molecular flexibility index (Phi) is 8.04. The molecule has 1 aromatic heterocycles. The molecular weight excluding hydrogens is 406 g/mol. The number of likely N-dealkylation sites (N-methyl/N-ethyl adjacent to an activating group) is 1. The summed E-state index contributed by atoms with van der Waals surface area (Å²) in [5, 5.41) is 14.1. The van der Waals surface area contributed by atoms with Gasteiger partial charge in [0.2, 0.25) is 17.6 Å². The Bertz CT molecular complexity index is 845. The fourth-order valence-electron chi connectivity index (χ4n) is 3.27. The zero-order valence-corrected chi connectivity index (χ0v) is 18.1. The van der Waals surface area contributed by atoms with Gasteiger partial charge in [0.15, 0.2) is 5.96 Å². The van der Waals surface area contributed by atoms with Crippen LogP contribution in [0.2, 0.25) is 5.02 Å².